The number of rotatable bonds is 6. The molecule has 0 aliphatic carbocycles. The van der Waals surface area contributed by atoms with Crippen molar-refractivity contribution in [3.8, 4) is 0 Å². The first-order valence-corrected chi connectivity index (χ1v) is 11.3. The molecule has 1 fully saturated rings. The lowest BCUT2D eigenvalue weighted by Gasteiger charge is -2.36. The van der Waals surface area contributed by atoms with Gasteiger partial charge in [0.2, 0.25) is 0 Å². The molecule has 1 saturated heterocycles. The second-order valence-electron chi connectivity index (χ2n) is 7.79. The second kappa shape index (κ2) is 10.9. The van der Waals surface area contributed by atoms with Gasteiger partial charge in [0, 0.05) is 42.5 Å². The van der Waals surface area contributed by atoms with Gasteiger partial charge in [0.1, 0.15) is 0 Å². The van der Waals surface area contributed by atoms with Crippen molar-refractivity contribution < 1.29 is 19.1 Å². The first-order chi connectivity index (χ1) is 16.5. The lowest BCUT2D eigenvalue weighted by Crippen LogP contribution is -2.49. The monoisotopic (exact) mass is 477 g/mol. The van der Waals surface area contributed by atoms with Crippen molar-refractivity contribution in [3.05, 3.63) is 95.0 Å². The van der Waals surface area contributed by atoms with E-state index in [-0.39, 0.29) is 24.0 Å². The highest BCUT2D eigenvalue weighted by molar-refractivity contribution is 6.30. The number of anilines is 2. The summed E-state index contributed by atoms with van der Waals surface area (Å²) in [7, 11) is 0. The Hall–Kier alpha value is -3.84. The van der Waals surface area contributed by atoms with Gasteiger partial charge in [-0.1, -0.05) is 48.0 Å². The summed E-state index contributed by atoms with van der Waals surface area (Å²) in [4.78, 5) is 41.6. The van der Waals surface area contributed by atoms with Gasteiger partial charge in [-0.2, -0.15) is 0 Å². The molecule has 0 atom stereocenters. The molecule has 8 heteroatoms. The number of halogens is 1. The number of benzene rings is 3. The third-order valence-corrected chi connectivity index (χ3v) is 5.80. The number of hydrogen-bond donors (Lipinski definition) is 1. The largest absolute Gasteiger partial charge is 0.452 e. The Labute approximate surface area is 202 Å². The molecule has 0 aromatic heterocycles. The van der Waals surface area contributed by atoms with Crippen LogP contribution in [0.3, 0.4) is 0 Å². The van der Waals surface area contributed by atoms with E-state index >= 15 is 0 Å². The molecule has 1 aliphatic heterocycles. The van der Waals surface area contributed by atoms with Crippen LogP contribution >= 0.6 is 11.6 Å². The minimum atomic E-state index is -0.671. The summed E-state index contributed by atoms with van der Waals surface area (Å²) in [6.45, 7) is 2.00. The molecule has 0 radical (unpaired) electrons. The normalized spacial score (nSPS) is 13.3. The molecule has 1 N–H and O–H groups in total. The number of nitrogens with one attached hydrogen (secondary N) is 1. The van der Waals surface area contributed by atoms with Crippen molar-refractivity contribution in [2.45, 2.75) is 0 Å². The van der Waals surface area contributed by atoms with Crippen LogP contribution < -0.4 is 10.2 Å². The van der Waals surface area contributed by atoms with E-state index in [0.717, 1.165) is 5.69 Å². The number of amides is 2. The molecule has 4 rings (SSSR count). The first-order valence-electron chi connectivity index (χ1n) is 10.9. The van der Waals surface area contributed by atoms with Crippen LogP contribution in [0, 0.1) is 0 Å². The van der Waals surface area contributed by atoms with Gasteiger partial charge in [-0.05, 0) is 42.5 Å². The Morgan fingerprint density at radius 3 is 2.29 bits per heavy atom. The maximum Gasteiger partial charge on any atom is 0.340 e. The molecule has 2 amide bonds. The van der Waals surface area contributed by atoms with Crippen LogP contribution in [-0.2, 0) is 9.53 Å². The van der Waals surface area contributed by atoms with Crippen molar-refractivity contribution in [1.82, 2.24) is 4.90 Å². The molecule has 3 aromatic carbocycles. The van der Waals surface area contributed by atoms with Crippen molar-refractivity contribution >= 4 is 40.8 Å². The van der Waals surface area contributed by atoms with Gasteiger partial charge >= 0.3 is 5.97 Å². The fourth-order valence-electron chi connectivity index (χ4n) is 3.74. The van der Waals surface area contributed by atoms with Crippen molar-refractivity contribution in [3.63, 3.8) is 0 Å². The van der Waals surface area contributed by atoms with E-state index in [2.05, 4.69) is 10.2 Å². The minimum Gasteiger partial charge on any atom is -0.452 e. The zero-order valence-electron chi connectivity index (χ0n) is 18.4. The van der Waals surface area contributed by atoms with Gasteiger partial charge in [0.05, 0.1) is 11.3 Å². The third kappa shape index (κ3) is 5.74. The van der Waals surface area contributed by atoms with E-state index in [4.69, 9.17) is 16.3 Å². The number of hydrogen-bond acceptors (Lipinski definition) is 5. The Morgan fingerprint density at radius 2 is 1.56 bits per heavy atom. The smallest absolute Gasteiger partial charge is 0.340 e. The number of esters is 1. The Kier molecular flexibility index (Phi) is 7.44. The van der Waals surface area contributed by atoms with Crippen LogP contribution in [0.25, 0.3) is 0 Å². The van der Waals surface area contributed by atoms with E-state index in [1.165, 1.54) is 0 Å². The van der Waals surface area contributed by atoms with Crippen molar-refractivity contribution in [2.24, 2.45) is 0 Å². The van der Waals surface area contributed by atoms with Crippen LogP contribution in [-0.4, -0.2) is 55.5 Å². The van der Waals surface area contributed by atoms with E-state index in [1.807, 2.05) is 30.3 Å². The molecule has 174 valence electrons. The summed E-state index contributed by atoms with van der Waals surface area (Å²) in [5, 5.41) is 3.40. The number of nitrogens with zero attached hydrogens (tertiary/aromatic N) is 2. The average Bonchev–Trinajstić information content (AvgIpc) is 2.88. The molecule has 34 heavy (non-hydrogen) atoms. The number of carbonyl (C=O) groups excluding carboxylic acids is 3. The Morgan fingerprint density at radius 1 is 0.853 bits per heavy atom. The summed E-state index contributed by atoms with van der Waals surface area (Å²) in [6.07, 6.45) is 0. The van der Waals surface area contributed by atoms with E-state index in [9.17, 15) is 14.4 Å². The Balaban J connectivity index is 1.31. The van der Waals surface area contributed by atoms with E-state index in [1.54, 1.807) is 53.4 Å². The van der Waals surface area contributed by atoms with E-state index < -0.39 is 5.97 Å². The second-order valence-corrected chi connectivity index (χ2v) is 8.23. The first kappa shape index (κ1) is 23.3. The zero-order chi connectivity index (χ0) is 23.9. The van der Waals surface area contributed by atoms with E-state index in [0.29, 0.717) is 42.5 Å². The predicted molar refractivity (Wildman–Crippen MR) is 131 cm³/mol. The molecule has 1 aliphatic rings. The molecule has 1 heterocycles. The molecule has 3 aromatic rings. The van der Waals surface area contributed by atoms with Crippen molar-refractivity contribution in [1.29, 1.82) is 0 Å². The minimum absolute atomic E-state index is 0.186. The quantitative estimate of drug-likeness (QED) is 0.541. The lowest BCUT2D eigenvalue weighted by atomic mass is 10.1. The number of ether oxygens (including phenoxy) is 1. The molecule has 0 saturated carbocycles. The number of para-hydroxylation sites is 1. The Bertz CT molecular complexity index is 1180. The van der Waals surface area contributed by atoms with Crippen LogP contribution in [0.1, 0.15) is 20.7 Å². The van der Waals surface area contributed by atoms with Gasteiger partial charge in [-0.15, -0.1) is 0 Å². The third-order valence-electron chi connectivity index (χ3n) is 5.56. The van der Waals surface area contributed by atoms with Crippen LogP contribution in [0.2, 0.25) is 5.02 Å². The standard InChI is InChI=1S/C26H24ClN3O4/c27-20-9-6-10-21(17-20)29-13-15-30(16-14-29)24(31)18-34-26(33)22-11-4-5-12-23(22)28-25(32)19-7-2-1-3-8-19/h1-12,17H,13-16,18H2,(H,28,32). The SMILES string of the molecule is O=C(Nc1ccccc1C(=O)OCC(=O)N1CCN(c2cccc(Cl)c2)CC1)c1ccccc1. The van der Waals surface area contributed by atoms with Crippen LogP contribution in [0.4, 0.5) is 11.4 Å². The highest BCUT2D eigenvalue weighted by Crippen LogP contribution is 2.21. The zero-order valence-corrected chi connectivity index (χ0v) is 19.2. The lowest BCUT2D eigenvalue weighted by molar-refractivity contribution is -0.134. The highest BCUT2D eigenvalue weighted by Gasteiger charge is 2.23. The summed E-state index contributed by atoms with van der Waals surface area (Å²) in [6, 6.07) is 22.9. The average molecular weight is 478 g/mol. The molecule has 0 bridgehead atoms. The maximum atomic E-state index is 12.7. The fraction of sp³-hybridized carbons (Fsp3) is 0.192. The summed E-state index contributed by atoms with van der Waals surface area (Å²) in [5.41, 5.74) is 1.99. The molecule has 7 nitrogen and oxygen atoms in total. The summed E-state index contributed by atoms with van der Waals surface area (Å²) >= 11 is 6.07. The van der Waals surface area contributed by atoms with Crippen LogP contribution in [0.15, 0.2) is 78.9 Å². The molecule has 0 spiro atoms. The van der Waals surface area contributed by atoms with Gasteiger partial charge in [-0.25, -0.2) is 4.79 Å². The van der Waals surface area contributed by atoms with Gasteiger partial charge in [0.25, 0.3) is 11.8 Å². The molecule has 0 unspecified atom stereocenters. The summed E-state index contributed by atoms with van der Waals surface area (Å²) in [5.74, 6) is -1.27. The van der Waals surface area contributed by atoms with Crippen molar-refractivity contribution in [2.75, 3.05) is 43.0 Å². The summed E-state index contributed by atoms with van der Waals surface area (Å²) < 4.78 is 5.29. The number of carbonyl (C=O) groups is 3. The molecular weight excluding hydrogens is 454 g/mol. The topological polar surface area (TPSA) is 78.9 Å². The number of piperazine rings is 1. The highest BCUT2D eigenvalue weighted by atomic mass is 35.5. The predicted octanol–water partition coefficient (Wildman–Crippen LogP) is 4.10. The molecular formula is C26H24ClN3O4. The fourth-order valence-corrected chi connectivity index (χ4v) is 3.92. The van der Waals surface area contributed by atoms with Gasteiger partial charge in [-0.3, -0.25) is 9.59 Å². The van der Waals surface area contributed by atoms with Gasteiger partial charge in [0.15, 0.2) is 6.61 Å². The van der Waals surface area contributed by atoms with Crippen LogP contribution in [0.5, 0.6) is 0 Å². The van der Waals surface area contributed by atoms with Gasteiger partial charge < -0.3 is 19.9 Å². The maximum absolute atomic E-state index is 12.7.